The molecule has 0 radical (unpaired) electrons. The second kappa shape index (κ2) is 13.3. The molecule has 68 heavy (non-hydrogen) atoms. The zero-order valence-corrected chi connectivity index (χ0v) is 37.2. The van der Waals surface area contributed by atoms with E-state index in [4.69, 9.17) is 4.98 Å². The molecule has 6 heterocycles. The van der Waals surface area contributed by atoms with E-state index in [1.54, 1.807) is 11.3 Å². The third kappa shape index (κ3) is 4.82. The smallest absolute Gasteiger partial charge is 0.195 e. The Balaban J connectivity index is 0.869. The summed E-state index contributed by atoms with van der Waals surface area (Å²) in [4.78, 5) is 6.21. The average molecular weight is 885 g/mol. The first-order valence-electron chi connectivity index (χ1n) is 23.1. The zero-order chi connectivity index (χ0) is 44.2. The SMILES string of the molecule is c1ccc2c(c1)c1ccccc1n2-c1ccc2c(c1)c1ccccc1n2-c1ccc2nc3sc4ccc(-n5c6ccccc6c6cc(-n7c8ccccc8c8ccccc87)ccc65)cc4n3c2c1. The van der Waals surface area contributed by atoms with Gasteiger partial charge in [-0.2, -0.15) is 0 Å². The Kier molecular flexibility index (Phi) is 7.13. The van der Waals surface area contributed by atoms with Crippen molar-refractivity contribution in [2.45, 2.75) is 0 Å². The van der Waals surface area contributed by atoms with E-state index >= 15 is 0 Å². The first kappa shape index (κ1) is 36.3. The van der Waals surface area contributed by atoms with Crippen LogP contribution >= 0.6 is 11.3 Å². The minimum atomic E-state index is 0.983. The predicted octanol–water partition coefficient (Wildman–Crippen LogP) is 16.1. The van der Waals surface area contributed by atoms with Crippen molar-refractivity contribution in [1.82, 2.24) is 27.7 Å². The molecule has 0 N–H and O–H groups in total. The molecule has 0 fully saturated rings. The molecule has 0 unspecified atom stereocenters. The molecule has 0 spiro atoms. The summed E-state index contributed by atoms with van der Waals surface area (Å²) in [7, 11) is 0. The minimum absolute atomic E-state index is 0.983. The number of thiazole rings is 1. The molecule has 0 aliphatic heterocycles. The van der Waals surface area contributed by atoms with Crippen LogP contribution in [0.2, 0.25) is 0 Å². The largest absolute Gasteiger partial charge is 0.309 e. The van der Waals surface area contributed by atoms with Crippen LogP contribution in [0.5, 0.6) is 0 Å². The molecule has 16 aromatic rings. The second-order valence-electron chi connectivity index (χ2n) is 18.0. The van der Waals surface area contributed by atoms with Gasteiger partial charge in [-0.15, -0.1) is 0 Å². The van der Waals surface area contributed by atoms with Crippen molar-refractivity contribution in [2.75, 3.05) is 0 Å². The van der Waals surface area contributed by atoms with Gasteiger partial charge in [0.1, 0.15) is 0 Å². The van der Waals surface area contributed by atoms with Crippen LogP contribution in [0.1, 0.15) is 0 Å². The fourth-order valence-corrected chi connectivity index (χ4v) is 12.7. The lowest BCUT2D eigenvalue weighted by molar-refractivity contribution is 1.16. The Labute approximate surface area is 391 Å². The monoisotopic (exact) mass is 884 g/mol. The number of aromatic nitrogens is 6. The first-order valence-corrected chi connectivity index (χ1v) is 23.9. The van der Waals surface area contributed by atoms with Crippen molar-refractivity contribution < 1.29 is 0 Å². The summed E-state index contributed by atoms with van der Waals surface area (Å²) in [5.41, 5.74) is 17.3. The lowest BCUT2D eigenvalue weighted by Gasteiger charge is -2.11. The standard InChI is InChI=1S/C61H36N6S/c1-7-19-50-41(13-1)42-14-2-8-20-51(42)63(50)37-26-30-56-47(33-37)45-17-5-11-23-54(45)65(56)39-25-29-49-58(35-39)67-59-36-40(28-32-60(59)68-61(67)62-49)66-55-24-12-6-18-46(55)48-34-38(27-31-57(48)66)64-52-21-9-3-15-43(52)44-16-4-10-22-53(44)64/h1-36H. The fraction of sp³-hybridized carbons (Fsp3) is 0. The van der Waals surface area contributed by atoms with Gasteiger partial charge in [0, 0.05) is 65.8 Å². The van der Waals surface area contributed by atoms with Crippen LogP contribution in [0.25, 0.3) is 136 Å². The van der Waals surface area contributed by atoms with Crippen LogP contribution in [0.15, 0.2) is 218 Å². The minimum Gasteiger partial charge on any atom is -0.309 e. The molecule has 0 amide bonds. The Morgan fingerprint density at radius 3 is 1.01 bits per heavy atom. The summed E-state index contributed by atoms with van der Waals surface area (Å²) >= 11 is 1.74. The highest BCUT2D eigenvalue weighted by Crippen LogP contribution is 2.41. The highest BCUT2D eigenvalue weighted by atomic mass is 32.1. The third-order valence-corrected chi connectivity index (χ3v) is 15.5. The Hall–Kier alpha value is -8.91. The summed E-state index contributed by atoms with van der Waals surface area (Å²) in [6.07, 6.45) is 0. The van der Waals surface area contributed by atoms with E-state index in [9.17, 15) is 0 Å². The van der Waals surface area contributed by atoms with Gasteiger partial charge in [-0.05, 0) is 109 Å². The number of rotatable bonds is 4. The molecule has 0 atom stereocenters. The number of hydrogen-bond donors (Lipinski definition) is 0. The van der Waals surface area contributed by atoms with Gasteiger partial charge in [0.05, 0.1) is 65.4 Å². The number of imidazole rings is 1. The highest BCUT2D eigenvalue weighted by Gasteiger charge is 2.21. The van der Waals surface area contributed by atoms with Gasteiger partial charge in [-0.3, -0.25) is 4.40 Å². The molecule has 0 aliphatic carbocycles. The van der Waals surface area contributed by atoms with E-state index in [0.717, 1.165) is 44.3 Å². The average Bonchev–Trinajstić information content (AvgIpc) is 4.23. The number of hydrogen-bond acceptors (Lipinski definition) is 2. The van der Waals surface area contributed by atoms with Crippen LogP contribution in [-0.2, 0) is 0 Å². The van der Waals surface area contributed by atoms with Crippen molar-refractivity contribution in [3.63, 3.8) is 0 Å². The Morgan fingerprint density at radius 1 is 0.265 bits per heavy atom. The molecule has 6 aromatic heterocycles. The summed E-state index contributed by atoms with van der Waals surface area (Å²) in [6.45, 7) is 0. The number of para-hydroxylation sites is 6. The first-order chi connectivity index (χ1) is 33.7. The number of fused-ring (bicyclic) bond motifs is 17. The van der Waals surface area contributed by atoms with Gasteiger partial charge in [-0.25, -0.2) is 4.98 Å². The van der Waals surface area contributed by atoms with Crippen molar-refractivity contribution in [1.29, 1.82) is 0 Å². The van der Waals surface area contributed by atoms with E-state index in [2.05, 4.69) is 241 Å². The van der Waals surface area contributed by atoms with Crippen LogP contribution in [0.3, 0.4) is 0 Å². The maximum Gasteiger partial charge on any atom is 0.195 e. The molecule has 0 saturated heterocycles. The van der Waals surface area contributed by atoms with Crippen molar-refractivity contribution in [3.8, 4) is 22.7 Å². The summed E-state index contributed by atoms with van der Waals surface area (Å²) in [6, 6.07) is 80.1. The highest BCUT2D eigenvalue weighted by molar-refractivity contribution is 7.23. The molecule has 16 rings (SSSR count). The summed E-state index contributed by atoms with van der Waals surface area (Å²) in [5.74, 6) is 0. The predicted molar refractivity (Wildman–Crippen MR) is 285 cm³/mol. The molecule has 0 aliphatic rings. The Bertz CT molecular complexity index is 4410. The fourth-order valence-electron chi connectivity index (χ4n) is 11.6. The van der Waals surface area contributed by atoms with Crippen LogP contribution in [0, 0.1) is 0 Å². The molecule has 0 saturated carbocycles. The number of nitrogens with zero attached hydrogens (tertiary/aromatic N) is 6. The molecule has 0 bridgehead atoms. The van der Waals surface area contributed by atoms with Gasteiger partial charge >= 0.3 is 0 Å². The Morgan fingerprint density at radius 2 is 0.588 bits per heavy atom. The number of benzene rings is 10. The quantitative estimate of drug-likeness (QED) is 0.173. The van der Waals surface area contributed by atoms with Gasteiger partial charge in [0.2, 0.25) is 0 Å². The molecule has 316 valence electrons. The zero-order valence-electron chi connectivity index (χ0n) is 36.4. The lowest BCUT2D eigenvalue weighted by Crippen LogP contribution is -1.96. The van der Waals surface area contributed by atoms with E-state index < -0.39 is 0 Å². The molecule has 7 heteroatoms. The molecular formula is C61H36N6S. The van der Waals surface area contributed by atoms with E-state index in [-0.39, 0.29) is 0 Å². The second-order valence-corrected chi connectivity index (χ2v) is 19.0. The summed E-state index contributed by atoms with van der Waals surface area (Å²) in [5, 5.41) is 9.95. The summed E-state index contributed by atoms with van der Waals surface area (Å²) < 4.78 is 13.2. The van der Waals surface area contributed by atoms with Gasteiger partial charge in [0.25, 0.3) is 0 Å². The van der Waals surface area contributed by atoms with Gasteiger partial charge in [-0.1, -0.05) is 121 Å². The maximum absolute atomic E-state index is 5.22. The topological polar surface area (TPSA) is 37.0 Å². The third-order valence-electron chi connectivity index (χ3n) is 14.5. The van der Waals surface area contributed by atoms with Crippen molar-refractivity contribution in [3.05, 3.63) is 218 Å². The molecular weight excluding hydrogens is 849 g/mol. The molecule has 10 aromatic carbocycles. The van der Waals surface area contributed by atoms with Crippen LogP contribution in [-0.4, -0.2) is 27.7 Å². The van der Waals surface area contributed by atoms with Crippen LogP contribution in [0.4, 0.5) is 0 Å². The van der Waals surface area contributed by atoms with Gasteiger partial charge < -0.3 is 18.3 Å². The van der Waals surface area contributed by atoms with Gasteiger partial charge in [0.15, 0.2) is 4.96 Å². The lowest BCUT2D eigenvalue weighted by atomic mass is 10.1. The van der Waals surface area contributed by atoms with Crippen molar-refractivity contribution >= 4 is 125 Å². The van der Waals surface area contributed by atoms with Crippen LogP contribution < -0.4 is 0 Å². The van der Waals surface area contributed by atoms with E-state index in [1.807, 2.05) is 0 Å². The normalized spacial score (nSPS) is 12.4. The van der Waals surface area contributed by atoms with E-state index in [1.165, 1.54) is 91.9 Å². The maximum atomic E-state index is 5.22. The van der Waals surface area contributed by atoms with Crippen molar-refractivity contribution in [2.24, 2.45) is 0 Å². The molecule has 6 nitrogen and oxygen atoms in total. The van der Waals surface area contributed by atoms with E-state index in [0.29, 0.717) is 0 Å².